The van der Waals surface area contributed by atoms with Gasteiger partial charge in [0.1, 0.15) is 0 Å². The number of halogens is 1. The summed E-state index contributed by atoms with van der Waals surface area (Å²) in [4.78, 5) is 4.44. The molecule has 130 valence electrons. The highest BCUT2D eigenvalue weighted by Crippen LogP contribution is 2.37. The lowest BCUT2D eigenvalue weighted by atomic mass is 9.99. The van der Waals surface area contributed by atoms with Crippen LogP contribution in [0.1, 0.15) is 34.8 Å². The molecule has 26 heavy (non-hydrogen) atoms. The van der Waals surface area contributed by atoms with Crippen molar-refractivity contribution >= 4 is 27.3 Å². The van der Waals surface area contributed by atoms with Crippen molar-refractivity contribution in [3.63, 3.8) is 0 Å². The summed E-state index contributed by atoms with van der Waals surface area (Å²) in [6, 6.07) is 21.4. The normalized spacial score (nSPS) is 16.7. The van der Waals surface area contributed by atoms with Crippen LogP contribution in [0.25, 0.3) is 0 Å². The zero-order valence-corrected chi connectivity index (χ0v) is 16.4. The fraction of sp³-hybridized carbons (Fsp3) is 0.182. The summed E-state index contributed by atoms with van der Waals surface area (Å²) in [6.45, 7) is 4.11. The second kappa shape index (κ2) is 7.04. The first-order valence-corrected chi connectivity index (χ1v) is 9.51. The Hall–Kier alpha value is -2.46. The lowest BCUT2D eigenvalue weighted by Gasteiger charge is -2.24. The van der Waals surface area contributed by atoms with Crippen molar-refractivity contribution in [1.82, 2.24) is 4.98 Å². The zero-order valence-electron chi connectivity index (χ0n) is 14.9. The van der Waals surface area contributed by atoms with Crippen LogP contribution < -0.4 is 5.01 Å². The summed E-state index contributed by atoms with van der Waals surface area (Å²) in [5.41, 5.74) is 6.80. The molecule has 1 aromatic heterocycles. The van der Waals surface area contributed by atoms with Crippen LogP contribution >= 0.6 is 15.9 Å². The van der Waals surface area contributed by atoms with E-state index in [1.165, 1.54) is 11.1 Å². The summed E-state index contributed by atoms with van der Waals surface area (Å²) < 4.78 is 1.09. The van der Waals surface area contributed by atoms with Crippen LogP contribution in [0, 0.1) is 13.8 Å². The Morgan fingerprint density at radius 1 is 0.923 bits per heavy atom. The van der Waals surface area contributed by atoms with E-state index in [-0.39, 0.29) is 6.04 Å². The fourth-order valence-electron chi connectivity index (χ4n) is 3.20. The molecule has 2 heterocycles. The van der Waals surface area contributed by atoms with Crippen LogP contribution in [0.15, 0.2) is 76.4 Å². The Labute approximate surface area is 162 Å². The van der Waals surface area contributed by atoms with Crippen LogP contribution in [0.2, 0.25) is 0 Å². The van der Waals surface area contributed by atoms with E-state index in [2.05, 4.69) is 87.4 Å². The van der Waals surface area contributed by atoms with Crippen LogP contribution in [0.5, 0.6) is 0 Å². The van der Waals surface area contributed by atoms with E-state index < -0.39 is 0 Å². The second-order valence-electron chi connectivity index (χ2n) is 6.69. The third kappa shape index (κ3) is 3.42. The van der Waals surface area contributed by atoms with Gasteiger partial charge in [-0.25, -0.2) is 0 Å². The predicted molar refractivity (Wildman–Crippen MR) is 111 cm³/mol. The molecule has 0 saturated heterocycles. The number of hydrogen-bond acceptors (Lipinski definition) is 3. The highest BCUT2D eigenvalue weighted by atomic mass is 79.9. The molecule has 2 aromatic carbocycles. The average Bonchev–Trinajstić information content (AvgIpc) is 3.09. The third-order valence-electron chi connectivity index (χ3n) is 4.71. The SMILES string of the molecule is Cc1ccc(N2N=C(c3ccc(C)nc3)CC2c2ccc(Br)cc2)cc1. The molecule has 0 aliphatic carbocycles. The van der Waals surface area contributed by atoms with Crippen LogP contribution in [0.3, 0.4) is 0 Å². The van der Waals surface area contributed by atoms with Gasteiger partial charge in [0.05, 0.1) is 17.4 Å². The molecular formula is C22H20BrN3. The molecule has 0 saturated carbocycles. The van der Waals surface area contributed by atoms with E-state index in [1.807, 2.05) is 19.2 Å². The fourth-order valence-corrected chi connectivity index (χ4v) is 3.47. The van der Waals surface area contributed by atoms with Gasteiger partial charge in [-0.05, 0) is 55.8 Å². The molecule has 4 heteroatoms. The monoisotopic (exact) mass is 405 g/mol. The molecule has 0 fully saturated rings. The molecular weight excluding hydrogens is 386 g/mol. The van der Waals surface area contributed by atoms with Crippen LogP contribution in [0.4, 0.5) is 5.69 Å². The van der Waals surface area contributed by atoms with Gasteiger partial charge in [-0.2, -0.15) is 5.10 Å². The summed E-state index contributed by atoms with van der Waals surface area (Å²) in [7, 11) is 0. The molecule has 0 N–H and O–H groups in total. The van der Waals surface area contributed by atoms with E-state index in [4.69, 9.17) is 5.10 Å². The van der Waals surface area contributed by atoms with Gasteiger partial charge in [0.2, 0.25) is 0 Å². The number of aromatic nitrogens is 1. The Balaban J connectivity index is 1.74. The van der Waals surface area contributed by atoms with Gasteiger partial charge in [-0.3, -0.25) is 9.99 Å². The molecule has 0 radical (unpaired) electrons. The van der Waals surface area contributed by atoms with Crippen molar-refractivity contribution < 1.29 is 0 Å². The Morgan fingerprint density at radius 3 is 2.31 bits per heavy atom. The van der Waals surface area contributed by atoms with Gasteiger partial charge in [0.15, 0.2) is 0 Å². The van der Waals surface area contributed by atoms with Gasteiger partial charge in [-0.15, -0.1) is 0 Å². The first-order chi connectivity index (χ1) is 12.6. The first-order valence-electron chi connectivity index (χ1n) is 8.72. The number of hydrazone groups is 1. The highest BCUT2D eigenvalue weighted by Gasteiger charge is 2.30. The van der Waals surface area contributed by atoms with Crippen molar-refractivity contribution in [2.45, 2.75) is 26.3 Å². The minimum absolute atomic E-state index is 0.183. The molecule has 0 spiro atoms. The molecule has 0 amide bonds. The van der Waals surface area contributed by atoms with Gasteiger partial charge in [0, 0.05) is 28.3 Å². The first kappa shape index (κ1) is 17.0. The van der Waals surface area contributed by atoms with Crippen molar-refractivity contribution in [1.29, 1.82) is 0 Å². The van der Waals surface area contributed by atoms with E-state index >= 15 is 0 Å². The van der Waals surface area contributed by atoms with Crippen LogP contribution in [-0.4, -0.2) is 10.7 Å². The third-order valence-corrected chi connectivity index (χ3v) is 5.24. The maximum Gasteiger partial charge on any atom is 0.0831 e. The number of benzene rings is 2. The molecule has 1 aliphatic rings. The second-order valence-corrected chi connectivity index (χ2v) is 7.60. The van der Waals surface area contributed by atoms with Gasteiger partial charge in [-0.1, -0.05) is 45.8 Å². The maximum absolute atomic E-state index is 4.97. The molecule has 1 unspecified atom stereocenters. The number of anilines is 1. The number of hydrogen-bond donors (Lipinski definition) is 0. The summed E-state index contributed by atoms with van der Waals surface area (Å²) >= 11 is 3.53. The molecule has 1 atom stereocenters. The Bertz CT molecular complexity index is 929. The smallest absolute Gasteiger partial charge is 0.0831 e. The van der Waals surface area contributed by atoms with Crippen molar-refractivity contribution in [2.24, 2.45) is 5.10 Å². The number of aryl methyl sites for hydroxylation is 2. The summed E-state index contributed by atoms with van der Waals surface area (Å²) in [5, 5.41) is 7.10. The molecule has 3 nitrogen and oxygen atoms in total. The van der Waals surface area contributed by atoms with Gasteiger partial charge in [0.25, 0.3) is 0 Å². The lowest BCUT2D eigenvalue weighted by Crippen LogP contribution is -2.18. The molecule has 0 bridgehead atoms. The summed E-state index contributed by atoms with van der Waals surface area (Å²) in [5.74, 6) is 0. The quantitative estimate of drug-likeness (QED) is 0.549. The van der Waals surface area contributed by atoms with Gasteiger partial charge >= 0.3 is 0 Å². The van der Waals surface area contributed by atoms with Crippen molar-refractivity contribution in [3.8, 4) is 0 Å². The van der Waals surface area contributed by atoms with E-state index in [0.717, 1.165) is 33.5 Å². The van der Waals surface area contributed by atoms with E-state index in [9.17, 15) is 0 Å². The zero-order chi connectivity index (χ0) is 18.1. The minimum Gasteiger partial charge on any atom is -0.261 e. The van der Waals surface area contributed by atoms with Gasteiger partial charge < -0.3 is 0 Å². The Kier molecular flexibility index (Phi) is 4.60. The standard InChI is InChI=1S/C22H20BrN3/c1-15-3-11-20(12-4-15)26-22(17-7-9-19(23)10-8-17)13-21(25-26)18-6-5-16(2)24-14-18/h3-12,14,22H,13H2,1-2H3. The number of nitrogens with zero attached hydrogens (tertiary/aromatic N) is 3. The lowest BCUT2D eigenvalue weighted by molar-refractivity contribution is 0.708. The predicted octanol–water partition coefficient (Wildman–Crippen LogP) is 5.82. The molecule has 3 aromatic rings. The largest absolute Gasteiger partial charge is 0.261 e. The summed E-state index contributed by atoms with van der Waals surface area (Å²) in [6.07, 6.45) is 2.78. The minimum atomic E-state index is 0.183. The number of pyridine rings is 1. The van der Waals surface area contributed by atoms with Crippen molar-refractivity contribution in [2.75, 3.05) is 5.01 Å². The topological polar surface area (TPSA) is 28.5 Å². The van der Waals surface area contributed by atoms with Crippen molar-refractivity contribution in [3.05, 3.63) is 93.7 Å². The van der Waals surface area contributed by atoms with E-state index in [1.54, 1.807) is 0 Å². The average molecular weight is 406 g/mol. The number of rotatable bonds is 3. The highest BCUT2D eigenvalue weighted by molar-refractivity contribution is 9.10. The Morgan fingerprint density at radius 2 is 1.65 bits per heavy atom. The van der Waals surface area contributed by atoms with E-state index in [0.29, 0.717) is 0 Å². The molecule has 4 rings (SSSR count). The molecule has 1 aliphatic heterocycles. The van der Waals surface area contributed by atoms with Crippen LogP contribution in [-0.2, 0) is 0 Å². The maximum atomic E-state index is 4.97.